The summed E-state index contributed by atoms with van der Waals surface area (Å²) in [6.45, 7) is 7.34. The van der Waals surface area contributed by atoms with Gasteiger partial charge in [-0.25, -0.2) is 0 Å². The molecule has 4 atom stereocenters. The highest BCUT2D eigenvalue weighted by Crippen LogP contribution is 2.22. The number of hydrogen-bond acceptors (Lipinski definition) is 8. The number of carboxylic acid groups (broad SMARTS) is 1. The van der Waals surface area contributed by atoms with Crippen LogP contribution in [0.4, 0.5) is 0 Å². The van der Waals surface area contributed by atoms with Crippen LogP contribution in [0.3, 0.4) is 0 Å². The number of unbranched alkanes of at least 4 members (excludes halogenated alkanes) is 2. The fourth-order valence-corrected chi connectivity index (χ4v) is 6.34. The molecule has 0 aliphatic carbocycles. The molecule has 13 heteroatoms. The summed E-state index contributed by atoms with van der Waals surface area (Å²) in [4.78, 5) is 67.9. The van der Waals surface area contributed by atoms with Gasteiger partial charge in [-0.15, -0.1) is 0 Å². The lowest BCUT2D eigenvalue weighted by Crippen LogP contribution is -2.60. The topological polar surface area (TPSA) is 209 Å². The molecular weight excluding hydrogens is 662 g/mol. The highest BCUT2D eigenvalue weighted by atomic mass is 16.4. The smallest absolute Gasteiger partial charge is 0.323 e. The number of hydrogen-bond donors (Lipinski definition) is 7. The number of amides is 4. The van der Waals surface area contributed by atoms with Gasteiger partial charge in [-0.05, 0) is 61.6 Å². The highest BCUT2D eigenvalue weighted by Gasteiger charge is 2.40. The van der Waals surface area contributed by atoms with Gasteiger partial charge in [0.25, 0.3) is 0 Å². The largest absolute Gasteiger partial charge is 0.480 e. The van der Waals surface area contributed by atoms with Crippen LogP contribution in [0.2, 0.25) is 0 Å². The summed E-state index contributed by atoms with van der Waals surface area (Å²) in [5.41, 5.74) is 12.3. The Balaban J connectivity index is 1.72. The molecule has 4 amide bonds. The van der Waals surface area contributed by atoms with Crippen LogP contribution in [0.25, 0.3) is 0 Å². The van der Waals surface area contributed by atoms with E-state index in [4.69, 9.17) is 11.5 Å². The molecule has 9 N–H and O–H groups in total. The van der Waals surface area contributed by atoms with E-state index in [0.29, 0.717) is 32.4 Å². The maximum Gasteiger partial charge on any atom is 0.323 e. The average molecular weight is 722 g/mol. The van der Waals surface area contributed by atoms with Gasteiger partial charge in [-0.1, -0.05) is 94.3 Å². The summed E-state index contributed by atoms with van der Waals surface area (Å²) < 4.78 is 0. The lowest BCUT2D eigenvalue weighted by atomic mass is 9.88. The number of rotatable bonds is 21. The zero-order valence-corrected chi connectivity index (χ0v) is 30.9. The minimum atomic E-state index is -1.40. The molecule has 0 spiro atoms. The molecule has 0 aromatic heterocycles. The number of piperidine rings is 1. The van der Waals surface area contributed by atoms with E-state index in [1.807, 2.05) is 74.5 Å². The zero-order valence-electron chi connectivity index (χ0n) is 30.9. The third kappa shape index (κ3) is 13.7. The van der Waals surface area contributed by atoms with E-state index >= 15 is 0 Å². The van der Waals surface area contributed by atoms with Crippen LogP contribution in [-0.2, 0) is 30.4 Å². The van der Waals surface area contributed by atoms with Crippen molar-refractivity contribution in [1.82, 2.24) is 26.2 Å². The molecule has 52 heavy (non-hydrogen) atoms. The van der Waals surface area contributed by atoms with Crippen LogP contribution >= 0.6 is 0 Å². The van der Waals surface area contributed by atoms with Gasteiger partial charge in [-0.3, -0.25) is 24.0 Å². The van der Waals surface area contributed by atoms with Gasteiger partial charge in [0.2, 0.25) is 23.6 Å². The first-order valence-electron chi connectivity index (χ1n) is 18.5. The Labute approximate surface area is 308 Å². The number of benzene rings is 2. The molecule has 13 nitrogen and oxygen atoms in total. The third-order valence-corrected chi connectivity index (χ3v) is 9.58. The van der Waals surface area contributed by atoms with E-state index in [0.717, 1.165) is 24.0 Å². The Hall–Kier alpha value is -4.33. The summed E-state index contributed by atoms with van der Waals surface area (Å²) >= 11 is 0. The lowest BCUT2D eigenvalue weighted by Gasteiger charge is -2.38. The predicted molar refractivity (Wildman–Crippen MR) is 201 cm³/mol. The Bertz CT molecular complexity index is 1430. The normalized spacial score (nSPS) is 16.3. The highest BCUT2D eigenvalue weighted by molar-refractivity contribution is 5.94. The number of nitrogens with zero attached hydrogens (tertiary/aromatic N) is 1. The number of carboxylic acids is 1. The van der Waals surface area contributed by atoms with Crippen molar-refractivity contribution < 1.29 is 29.1 Å². The van der Waals surface area contributed by atoms with E-state index in [1.54, 1.807) is 4.90 Å². The molecule has 1 fully saturated rings. The summed E-state index contributed by atoms with van der Waals surface area (Å²) in [6, 6.07) is 16.5. The van der Waals surface area contributed by atoms with Gasteiger partial charge in [0, 0.05) is 26.1 Å². The fraction of sp³-hybridized carbons (Fsp3) is 0.564. The maximum atomic E-state index is 13.9. The van der Waals surface area contributed by atoms with Crippen LogP contribution in [-0.4, -0.2) is 96.0 Å². The van der Waals surface area contributed by atoms with Gasteiger partial charge >= 0.3 is 5.97 Å². The van der Waals surface area contributed by atoms with Crippen molar-refractivity contribution in [3.05, 3.63) is 71.8 Å². The van der Waals surface area contributed by atoms with Crippen molar-refractivity contribution >= 4 is 29.6 Å². The summed E-state index contributed by atoms with van der Waals surface area (Å²) in [5.74, 6) is -2.58. The summed E-state index contributed by atoms with van der Waals surface area (Å²) in [5, 5.41) is 21.4. The van der Waals surface area contributed by atoms with E-state index in [2.05, 4.69) is 28.2 Å². The van der Waals surface area contributed by atoms with E-state index < -0.39 is 41.4 Å². The number of carbonyl (C=O) groups is 5. The number of nitrogens with two attached hydrogens (primary N) is 2. The fourth-order valence-electron chi connectivity index (χ4n) is 6.34. The van der Waals surface area contributed by atoms with E-state index in [-0.39, 0.29) is 62.5 Å². The Morgan fingerprint density at radius 1 is 0.808 bits per heavy atom. The summed E-state index contributed by atoms with van der Waals surface area (Å²) in [6.07, 6.45) is 3.26. The first kappa shape index (κ1) is 42.1. The van der Waals surface area contributed by atoms with Gasteiger partial charge < -0.3 is 42.7 Å². The third-order valence-electron chi connectivity index (χ3n) is 9.58. The van der Waals surface area contributed by atoms with Crippen molar-refractivity contribution in [2.75, 3.05) is 32.7 Å². The number of aliphatic carboxylic acids is 1. The molecule has 1 heterocycles. The second-order valence-electron chi connectivity index (χ2n) is 14.4. The molecule has 0 saturated carbocycles. The Kier molecular flexibility index (Phi) is 17.2. The second kappa shape index (κ2) is 21.3. The predicted octanol–water partition coefficient (Wildman–Crippen LogP) is 2.05. The van der Waals surface area contributed by atoms with Crippen LogP contribution in [0.5, 0.6) is 0 Å². The van der Waals surface area contributed by atoms with Gasteiger partial charge in [0.15, 0.2) is 0 Å². The molecular formula is C39H59N7O6. The minimum Gasteiger partial charge on any atom is -0.480 e. The molecule has 286 valence electrons. The van der Waals surface area contributed by atoms with Crippen molar-refractivity contribution in [1.29, 1.82) is 0 Å². The molecule has 3 rings (SSSR count). The summed E-state index contributed by atoms with van der Waals surface area (Å²) in [7, 11) is 0. The molecule has 2 aromatic carbocycles. The number of nitrogens with one attached hydrogen (secondary N) is 4. The van der Waals surface area contributed by atoms with Crippen molar-refractivity contribution in [3.8, 4) is 0 Å². The van der Waals surface area contributed by atoms with Crippen molar-refractivity contribution in [2.45, 2.75) is 102 Å². The van der Waals surface area contributed by atoms with Gasteiger partial charge in [0.05, 0.1) is 6.54 Å². The quantitative estimate of drug-likeness (QED) is 0.0940. The molecule has 2 aromatic rings. The van der Waals surface area contributed by atoms with Gasteiger partial charge in [-0.2, -0.15) is 0 Å². The minimum absolute atomic E-state index is 0.00778. The molecule has 0 bridgehead atoms. The SMILES string of the molecule is CC(C)C[C@@H](NC(=O)[C@@H](Cc1ccccc1)NC(=O)CNC[C@@H](C)c1ccccc1)C(=O)N[C@H](CCCCCN)C(=O)N1CCC(N)(C(=O)O)CC1. The molecule has 0 unspecified atom stereocenters. The first-order chi connectivity index (χ1) is 24.8. The van der Waals surface area contributed by atoms with Crippen LogP contribution < -0.4 is 32.7 Å². The van der Waals surface area contributed by atoms with Crippen LogP contribution in [0, 0.1) is 5.92 Å². The van der Waals surface area contributed by atoms with E-state index in [9.17, 15) is 29.1 Å². The van der Waals surface area contributed by atoms with Crippen LogP contribution in [0.15, 0.2) is 60.7 Å². The molecule has 1 saturated heterocycles. The molecule has 0 radical (unpaired) electrons. The Morgan fingerprint density at radius 2 is 1.40 bits per heavy atom. The monoisotopic (exact) mass is 721 g/mol. The number of carbonyl (C=O) groups excluding carboxylic acids is 4. The van der Waals surface area contributed by atoms with E-state index in [1.165, 1.54) is 0 Å². The Morgan fingerprint density at radius 3 is 2.00 bits per heavy atom. The zero-order chi connectivity index (χ0) is 38.1. The van der Waals surface area contributed by atoms with Gasteiger partial charge in [0.1, 0.15) is 23.7 Å². The average Bonchev–Trinajstić information content (AvgIpc) is 3.12. The second-order valence-corrected chi connectivity index (χ2v) is 14.4. The lowest BCUT2D eigenvalue weighted by molar-refractivity contribution is -0.148. The molecule has 1 aliphatic heterocycles. The van der Waals surface area contributed by atoms with Crippen molar-refractivity contribution in [2.24, 2.45) is 17.4 Å². The maximum absolute atomic E-state index is 13.9. The standard InChI is InChI=1S/C39H59N7O6/c1-27(2)23-32(35(48)44-31(17-11-6-12-20-40)37(50)46-21-18-39(41,19-22-46)38(51)52)45-36(49)33(24-29-13-7-4-8-14-29)43-34(47)26-42-25-28(3)30-15-9-5-10-16-30/h4-5,7-10,13-16,27-28,31-33,42H,6,11-12,17-26,40-41H2,1-3H3,(H,43,47)(H,44,48)(H,45,49)(H,51,52)/t28-,31-,32-,33-/m1/s1. The molecule has 1 aliphatic rings. The van der Waals surface area contributed by atoms with Crippen molar-refractivity contribution in [3.63, 3.8) is 0 Å². The van der Waals surface area contributed by atoms with Crippen LogP contribution in [0.1, 0.15) is 82.8 Å². The first-order valence-corrected chi connectivity index (χ1v) is 18.5. The number of likely N-dealkylation sites (tertiary alicyclic amines) is 1.